The first-order valence-corrected chi connectivity index (χ1v) is 6.41. The molecule has 0 bridgehead atoms. The molecule has 0 aliphatic carbocycles. The fourth-order valence-corrected chi connectivity index (χ4v) is 2.85. The van der Waals surface area contributed by atoms with Crippen LogP contribution in [0.3, 0.4) is 0 Å². The maximum atomic E-state index is 5.52. The van der Waals surface area contributed by atoms with Crippen LogP contribution in [0.25, 0.3) is 11.1 Å². The van der Waals surface area contributed by atoms with Gasteiger partial charge in [0.25, 0.3) is 0 Å². The highest BCUT2D eigenvalue weighted by Crippen LogP contribution is 2.41. The Morgan fingerprint density at radius 2 is 1.84 bits per heavy atom. The molecule has 0 saturated heterocycles. The molecule has 1 aromatic heterocycles. The van der Waals surface area contributed by atoms with Gasteiger partial charge in [-0.1, -0.05) is 26.0 Å². The molecule has 4 heteroatoms. The summed E-state index contributed by atoms with van der Waals surface area (Å²) in [6, 6.07) is 6.55. The zero-order valence-corrected chi connectivity index (χ0v) is 11.5. The molecule has 4 nitrogen and oxygen atoms in total. The average Bonchev–Trinajstić information content (AvgIpc) is 2.60. The summed E-state index contributed by atoms with van der Waals surface area (Å²) in [5, 5.41) is 0. The van der Waals surface area contributed by atoms with E-state index in [0.29, 0.717) is 5.95 Å². The first kappa shape index (κ1) is 12.0. The molecule has 1 aliphatic rings. The smallest absolute Gasteiger partial charge is 0.219 e. The van der Waals surface area contributed by atoms with Gasteiger partial charge in [-0.3, -0.25) is 0 Å². The Kier molecular flexibility index (Phi) is 2.49. The van der Waals surface area contributed by atoms with Gasteiger partial charge in [-0.05, 0) is 17.2 Å². The van der Waals surface area contributed by atoms with E-state index >= 15 is 0 Å². The van der Waals surface area contributed by atoms with Crippen molar-refractivity contribution < 1.29 is 0 Å². The van der Waals surface area contributed by atoms with Crippen molar-refractivity contribution in [2.45, 2.75) is 19.3 Å². The lowest BCUT2D eigenvalue weighted by Gasteiger charge is -2.18. The topological polar surface area (TPSA) is 55.0 Å². The van der Waals surface area contributed by atoms with Crippen LogP contribution in [0.2, 0.25) is 0 Å². The number of aromatic nitrogens is 2. The molecule has 0 unspecified atom stereocenters. The fourth-order valence-electron chi connectivity index (χ4n) is 2.85. The van der Waals surface area contributed by atoms with Crippen LogP contribution in [-0.4, -0.2) is 23.6 Å². The molecule has 2 heterocycles. The Bertz CT molecular complexity index is 617. The monoisotopic (exact) mass is 254 g/mol. The van der Waals surface area contributed by atoms with E-state index in [-0.39, 0.29) is 5.41 Å². The van der Waals surface area contributed by atoms with Crippen molar-refractivity contribution in [3.05, 3.63) is 36.2 Å². The Morgan fingerprint density at radius 3 is 2.53 bits per heavy atom. The number of anilines is 2. The van der Waals surface area contributed by atoms with Gasteiger partial charge >= 0.3 is 0 Å². The van der Waals surface area contributed by atoms with Crippen molar-refractivity contribution in [3.63, 3.8) is 0 Å². The van der Waals surface area contributed by atoms with E-state index in [9.17, 15) is 0 Å². The Balaban J connectivity index is 2.08. The first-order chi connectivity index (χ1) is 8.97. The minimum Gasteiger partial charge on any atom is -0.373 e. The summed E-state index contributed by atoms with van der Waals surface area (Å²) < 4.78 is 0. The third-order valence-corrected chi connectivity index (χ3v) is 3.78. The van der Waals surface area contributed by atoms with Gasteiger partial charge in [0.05, 0.1) is 0 Å². The van der Waals surface area contributed by atoms with Gasteiger partial charge < -0.3 is 10.6 Å². The van der Waals surface area contributed by atoms with E-state index in [1.807, 2.05) is 0 Å². The van der Waals surface area contributed by atoms with E-state index < -0.39 is 0 Å². The summed E-state index contributed by atoms with van der Waals surface area (Å²) in [6.45, 7) is 5.60. The molecule has 0 fully saturated rings. The summed E-state index contributed by atoms with van der Waals surface area (Å²) in [4.78, 5) is 10.4. The minimum absolute atomic E-state index is 0.209. The van der Waals surface area contributed by atoms with Gasteiger partial charge in [0, 0.05) is 42.7 Å². The predicted molar refractivity (Wildman–Crippen MR) is 78.2 cm³/mol. The standard InChI is InChI=1S/C15H18N4/c1-15(2)9-19(3)13-6-10(4-5-12(13)15)11-7-17-14(16)18-8-11/h4-8H,9H2,1-3H3,(H2,16,17,18). The molecular weight excluding hydrogens is 236 g/mol. The van der Waals surface area contributed by atoms with Gasteiger partial charge in [0.2, 0.25) is 5.95 Å². The Hall–Kier alpha value is -2.10. The van der Waals surface area contributed by atoms with Crippen LogP contribution in [0.5, 0.6) is 0 Å². The minimum atomic E-state index is 0.209. The van der Waals surface area contributed by atoms with Gasteiger partial charge in [0.15, 0.2) is 0 Å². The van der Waals surface area contributed by atoms with Gasteiger partial charge in [-0.2, -0.15) is 0 Å². The molecule has 1 aromatic carbocycles. The van der Waals surface area contributed by atoms with E-state index in [1.165, 1.54) is 11.3 Å². The van der Waals surface area contributed by atoms with Crippen LogP contribution >= 0.6 is 0 Å². The normalized spacial score (nSPS) is 16.5. The van der Waals surface area contributed by atoms with Crippen LogP contribution < -0.4 is 10.6 Å². The van der Waals surface area contributed by atoms with E-state index in [2.05, 4.69) is 54.0 Å². The van der Waals surface area contributed by atoms with Gasteiger partial charge in [-0.25, -0.2) is 9.97 Å². The number of rotatable bonds is 1. The van der Waals surface area contributed by atoms with Crippen molar-refractivity contribution in [1.29, 1.82) is 0 Å². The number of benzene rings is 1. The molecule has 98 valence electrons. The second-order valence-electron chi connectivity index (χ2n) is 5.80. The van der Waals surface area contributed by atoms with Crippen molar-refractivity contribution in [1.82, 2.24) is 9.97 Å². The zero-order valence-electron chi connectivity index (χ0n) is 11.5. The quantitative estimate of drug-likeness (QED) is 0.849. The number of nitrogens with two attached hydrogens (primary N) is 1. The Labute approximate surface area is 113 Å². The second kappa shape index (κ2) is 3.95. The van der Waals surface area contributed by atoms with Gasteiger partial charge in [0.1, 0.15) is 0 Å². The van der Waals surface area contributed by atoms with Crippen molar-refractivity contribution >= 4 is 11.6 Å². The molecule has 3 rings (SSSR count). The molecule has 0 spiro atoms. The van der Waals surface area contributed by atoms with Crippen molar-refractivity contribution in [2.75, 3.05) is 24.2 Å². The fraction of sp³-hybridized carbons (Fsp3) is 0.333. The van der Waals surface area contributed by atoms with Crippen LogP contribution in [0.1, 0.15) is 19.4 Å². The maximum Gasteiger partial charge on any atom is 0.219 e. The lowest BCUT2D eigenvalue weighted by Crippen LogP contribution is -2.24. The zero-order chi connectivity index (χ0) is 13.6. The summed E-state index contributed by atoms with van der Waals surface area (Å²) >= 11 is 0. The van der Waals surface area contributed by atoms with E-state index in [0.717, 1.165) is 17.7 Å². The number of hydrogen-bond donors (Lipinski definition) is 1. The number of fused-ring (bicyclic) bond motifs is 1. The second-order valence-corrected chi connectivity index (χ2v) is 5.80. The highest BCUT2D eigenvalue weighted by molar-refractivity contribution is 5.73. The molecule has 0 amide bonds. The third kappa shape index (κ3) is 1.93. The average molecular weight is 254 g/mol. The number of nitrogens with zero attached hydrogens (tertiary/aromatic N) is 3. The number of nitrogen functional groups attached to an aromatic ring is 1. The molecule has 0 atom stereocenters. The molecule has 0 radical (unpaired) electrons. The van der Waals surface area contributed by atoms with Crippen molar-refractivity contribution in [3.8, 4) is 11.1 Å². The summed E-state index contributed by atoms with van der Waals surface area (Å²) in [5.74, 6) is 0.308. The molecule has 0 saturated carbocycles. The molecule has 19 heavy (non-hydrogen) atoms. The van der Waals surface area contributed by atoms with Gasteiger partial charge in [-0.15, -0.1) is 0 Å². The van der Waals surface area contributed by atoms with Crippen LogP contribution in [0.4, 0.5) is 11.6 Å². The lowest BCUT2D eigenvalue weighted by atomic mass is 9.86. The first-order valence-electron chi connectivity index (χ1n) is 6.41. The van der Waals surface area contributed by atoms with E-state index in [4.69, 9.17) is 5.73 Å². The number of hydrogen-bond acceptors (Lipinski definition) is 4. The maximum absolute atomic E-state index is 5.52. The molecule has 1 aliphatic heterocycles. The predicted octanol–water partition coefficient (Wildman–Crippen LogP) is 2.45. The van der Waals surface area contributed by atoms with Crippen LogP contribution in [0.15, 0.2) is 30.6 Å². The summed E-state index contributed by atoms with van der Waals surface area (Å²) in [6.07, 6.45) is 3.54. The van der Waals surface area contributed by atoms with Crippen molar-refractivity contribution in [2.24, 2.45) is 0 Å². The molecule has 2 N–H and O–H groups in total. The summed E-state index contributed by atoms with van der Waals surface area (Å²) in [7, 11) is 2.14. The SMILES string of the molecule is CN1CC(C)(C)c2ccc(-c3cnc(N)nc3)cc21. The Morgan fingerprint density at radius 1 is 1.16 bits per heavy atom. The summed E-state index contributed by atoms with van der Waals surface area (Å²) in [5.41, 5.74) is 10.5. The molecule has 2 aromatic rings. The lowest BCUT2D eigenvalue weighted by molar-refractivity contribution is 0.563. The molecular formula is C15H18N4. The van der Waals surface area contributed by atoms with Crippen LogP contribution in [0, 0.1) is 0 Å². The third-order valence-electron chi connectivity index (χ3n) is 3.78. The highest BCUT2D eigenvalue weighted by Gasteiger charge is 2.33. The number of likely N-dealkylation sites (N-methyl/N-ethyl adjacent to an activating group) is 1. The highest BCUT2D eigenvalue weighted by atomic mass is 15.1. The van der Waals surface area contributed by atoms with E-state index in [1.54, 1.807) is 12.4 Å². The largest absolute Gasteiger partial charge is 0.373 e. The van der Waals surface area contributed by atoms with Crippen LogP contribution in [-0.2, 0) is 5.41 Å².